The third-order valence-corrected chi connectivity index (χ3v) is 5.74. The fourth-order valence-corrected chi connectivity index (χ4v) is 4.01. The van der Waals surface area contributed by atoms with Crippen LogP contribution in [-0.2, 0) is 4.74 Å². The predicted octanol–water partition coefficient (Wildman–Crippen LogP) is 3.86. The zero-order chi connectivity index (χ0) is 14.5. The molecule has 20 heavy (non-hydrogen) atoms. The Morgan fingerprint density at radius 2 is 2.15 bits per heavy atom. The summed E-state index contributed by atoms with van der Waals surface area (Å²) in [5, 5.41) is 4.28. The lowest BCUT2D eigenvalue weighted by atomic mass is 10.0. The lowest BCUT2D eigenvalue weighted by molar-refractivity contribution is 0.127. The van der Waals surface area contributed by atoms with Crippen LogP contribution in [0.4, 0.5) is 0 Å². The van der Waals surface area contributed by atoms with Crippen molar-refractivity contribution in [3.8, 4) is 0 Å². The van der Waals surface area contributed by atoms with Crippen molar-refractivity contribution in [2.24, 2.45) is 0 Å². The molecule has 112 valence electrons. The van der Waals surface area contributed by atoms with Crippen LogP contribution in [0.5, 0.6) is 0 Å². The van der Waals surface area contributed by atoms with E-state index in [1.807, 2.05) is 0 Å². The van der Waals surface area contributed by atoms with Crippen molar-refractivity contribution >= 4 is 11.8 Å². The molecule has 1 fully saturated rings. The first-order chi connectivity index (χ1) is 9.61. The second-order valence-electron chi connectivity index (χ2n) is 5.69. The second kappa shape index (κ2) is 7.48. The zero-order valence-corrected chi connectivity index (χ0v) is 13.9. The normalized spacial score (nSPS) is 24.0. The monoisotopic (exact) mass is 293 g/mol. The molecule has 1 aromatic carbocycles. The van der Waals surface area contributed by atoms with Crippen LogP contribution < -0.4 is 5.32 Å². The van der Waals surface area contributed by atoms with Crippen molar-refractivity contribution in [2.45, 2.75) is 51.5 Å². The maximum absolute atomic E-state index is 5.66. The fourth-order valence-electron chi connectivity index (χ4n) is 2.65. The topological polar surface area (TPSA) is 21.3 Å². The summed E-state index contributed by atoms with van der Waals surface area (Å²) in [4.78, 5) is 0. The predicted molar refractivity (Wildman–Crippen MR) is 88.6 cm³/mol. The first-order valence-electron chi connectivity index (χ1n) is 7.65. The summed E-state index contributed by atoms with van der Waals surface area (Å²) in [6.07, 6.45) is 1.60. The van der Waals surface area contributed by atoms with Gasteiger partial charge >= 0.3 is 0 Å². The summed E-state index contributed by atoms with van der Waals surface area (Å²) in [5.74, 6) is 1.12. The third kappa shape index (κ3) is 4.00. The number of thioether (sulfide) groups is 1. The maximum Gasteiger partial charge on any atom is 0.0666 e. The summed E-state index contributed by atoms with van der Waals surface area (Å²) in [7, 11) is 0. The van der Waals surface area contributed by atoms with E-state index in [9.17, 15) is 0 Å². The molecule has 3 heteroatoms. The van der Waals surface area contributed by atoms with Crippen molar-refractivity contribution in [2.75, 3.05) is 18.9 Å². The largest absolute Gasteiger partial charge is 0.377 e. The molecular formula is C17H27NOS. The first-order valence-corrected chi connectivity index (χ1v) is 8.70. The Bertz CT molecular complexity index is 435. The average Bonchev–Trinajstić information content (AvgIpc) is 2.83. The molecule has 1 aromatic rings. The van der Waals surface area contributed by atoms with Crippen LogP contribution >= 0.6 is 11.8 Å². The van der Waals surface area contributed by atoms with Crippen molar-refractivity contribution < 1.29 is 4.74 Å². The molecule has 1 saturated heterocycles. The van der Waals surface area contributed by atoms with E-state index in [0.717, 1.165) is 18.9 Å². The van der Waals surface area contributed by atoms with Crippen LogP contribution in [0.15, 0.2) is 18.2 Å². The molecule has 0 aliphatic carbocycles. The molecule has 0 spiro atoms. The molecular weight excluding hydrogens is 266 g/mol. The van der Waals surface area contributed by atoms with Crippen molar-refractivity contribution in [1.29, 1.82) is 0 Å². The highest BCUT2D eigenvalue weighted by Gasteiger charge is 2.25. The minimum absolute atomic E-state index is 0.405. The van der Waals surface area contributed by atoms with Gasteiger partial charge < -0.3 is 10.1 Å². The van der Waals surface area contributed by atoms with E-state index >= 15 is 0 Å². The van der Waals surface area contributed by atoms with Gasteiger partial charge in [0.1, 0.15) is 0 Å². The highest BCUT2D eigenvalue weighted by atomic mass is 32.2. The van der Waals surface area contributed by atoms with Crippen LogP contribution in [0.25, 0.3) is 0 Å². The van der Waals surface area contributed by atoms with Gasteiger partial charge in [-0.1, -0.05) is 25.1 Å². The molecule has 3 atom stereocenters. The summed E-state index contributed by atoms with van der Waals surface area (Å²) in [5.41, 5.74) is 4.16. The number of nitrogens with one attached hydrogen (secondary N) is 1. The van der Waals surface area contributed by atoms with E-state index in [4.69, 9.17) is 4.74 Å². The molecule has 0 aromatic heterocycles. The number of aryl methyl sites for hydroxylation is 2. The molecule has 1 heterocycles. The van der Waals surface area contributed by atoms with Gasteiger partial charge in [0.05, 0.1) is 6.10 Å². The lowest BCUT2D eigenvalue weighted by Gasteiger charge is -2.22. The van der Waals surface area contributed by atoms with Gasteiger partial charge in [0.15, 0.2) is 0 Å². The summed E-state index contributed by atoms with van der Waals surface area (Å²) >= 11 is 2.06. The SMILES string of the molecule is CCNC(CSC1CCOC1C)c1ccc(C)c(C)c1. The van der Waals surface area contributed by atoms with E-state index in [1.165, 1.54) is 23.1 Å². The van der Waals surface area contributed by atoms with Crippen molar-refractivity contribution in [3.63, 3.8) is 0 Å². The molecule has 0 saturated carbocycles. The molecule has 1 N–H and O–H groups in total. The van der Waals surface area contributed by atoms with Crippen LogP contribution in [0.2, 0.25) is 0 Å². The number of hydrogen-bond donors (Lipinski definition) is 1. The van der Waals surface area contributed by atoms with E-state index in [0.29, 0.717) is 17.4 Å². The molecule has 1 aliphatic rings. The third-order valence-electron chi connectivity index (χ3n) is 4.17. The van der Waals surface area contributed by atoms with Crippen LogP contribution in [0.3, 0.4) is 0 Å². The second-order valence-corrected chi connectivity index (χ2v) is 6.96. The first kappa shape index (κ1) is 15.9. The van der Waals surface area contributed by atoms with Crippen molar-refractivity contribution in [1.82, 2.24) is 5.32 Å². The van der Waals surface area contributed by atoms with E-state index in [2.05, 4.69) is 63.0 Å². The Balaban J connectivity index is 2.00. The molecule has 0 amide bonds. The minimum Gasteiger partial charge on any atom is -0.377 e. The number of ether oxygens (including phenoxy) is 1. The van der Waals surface area contributed by atoms with Crippen LogP contribution in [0, 0.1) is 13.8 Å². The van der Waals surface area contributed by atoms with E-state index < -0.39 is 0 Å². The van der Waals surface area contributed by atoms with Gasteiger partial charge in [-0.25, -0.2) is 0 Å². The molecule has 2 rings (SSSR count). The lowest BCUT2D eigenvalue weighted by Crippen LogP contribution is -2.25. The molecule has 0 bridgehead atoms. The average molecular weight is 293 g/mol. The smallest absolute Gasteiger partial charge is 0.0666 e. The molecule has 1 aliphatic heterocycles. The summed E-state index contributed by atoms with van der Waals surface area (Å²) in [6, 6.07) is 7.28. The van der Waals surface area contributed by atoms with Gasteiger partial charge in [0.2, 0.25) is 0 Å². The van der Waals surface area contributed by atoms with Gasteiger partial charge in [-0.3, -0.25) is 0 Å². The standard InChI is InChI=1S/C17H27NOS/c1-5-18-16(11-20-17-8-9-19-14(17)4)15-7-6-12(2)13(3)10-15/h6-7,10,14,16-18H,5,8-9,11H2,1-4H3. The van der Waals surface area contributed by atoms with Crippen molar-refractivity contribution in [3.05, 3.63) is 34.9 Å². The van der Waals surface area contributed by atoms with E-state index in [-0.39, 0.29) is 0 Å². The van der Waals surface area contributed by atoms with Crippen LogP contribution in [0.1, 0.15) is 43.0 Å². The van der Waals surface area contributed by atoms with Gasteiger partial charge in [-0.2, -0.15) is 11.8 Å². The zero-order valence-electron chi connectivity index (χ0n) is 13.1. The molecule has 0 radical (unpaired) electrons. The van der Waals surface area contributed by atoms with Gasteiger partial charge in [-0.05, 0) is 50.4 Å². The Morgan fingerprint density at radius 3 is 2.75 bits per heavy atom. The quantitative estimate of drug-likeness (QED) is 0.860. The Morgan fingerprint density at radius 1 is 1.35 bits per heavy atom. The number of hydrogen-bond acceptors (Lipinski definition) is 3. The van der Waals surface area contributed by atoms with Gasteiger partial charge in [0.25, 0.3) is 0 Å². The number of rotatable bonds is 6. The highest BCUT2D eigenvalue weighted by molar-refractivity contribution is 8.00. The Kier molecular flexibility index (Phi) is 5.94. The summed E-state index contributed by atoms with van der Waals surface area (Å²) < 4.78 is 5.66. The maximum atomic E-state index is 5.66. The fraction of sp³-hybridized carbons (Fsp3) is 0.647. The molecule has 3 unspecified atom stereocenters. The van der Waals surface area contributed by atoms with E-state index in [1.54, 1.807) is 0 Å². The highest BCUT2D eigenvalue weighted by Crippen LogP contribution is 2.30. The number of benzene rings is 1. The van der Waals surface area contributed by atoms with Gasteiger partial charge in [0, 0.05) is 23.7 Å². The Labute approximate surface area is 127 Å². The molecule has 2 nitrogen and oxygen atoms in total. The van der Waals surface area contributed by atoms with Crippen LogP contribution in [-0.4, -0.2) is 30.3 Å². The Hall–Kier alpha value is -0.510. The minimum atomic E-state index is 0.405. The summed E-state index contributed by atoms with van der Waals surface area (Å²) in [6.45, 7) is 10.7. The van der Waals surface area contributed by atoms with Gasteiger partial charge in [-0.15, -0.1) is 0 Å².